The molecule has 462 valence electrons. The normalized spacial score (nSPS) is 12.8. The molecule has 0 spiro atoms. The van der Waals surface area contributed by atoms with E-state index in [1.54, 1.807) is 6.92 Å². The average Bonchev–Trinajstić information content (AvgIpc) is 2.55. The van der Waals surface area contributed by atoms with E-state index in [4.69, 9.17) is 58.5 Å². The first-order chi connectivity index (χ1) is 41.4. The van der Waals surface area contributed by atoms with Gasteiger partial charge >= 0.3 is 17.9 Å². The minimum atomic E-state index is -1.08. The Morgan fingerprint density at radius 1 is 0.398 bits per heavy atom. The first-order valence-electron chi connectivity index (χ1n) is 29.5. The minimum absolute atomic E-state index is 0.285. The lowest BCUT2D eigenvalue weighted by atomic mass is 9.84. The summed E-state index contributed by atoms with van der Waals surface area (Å²) in [5.74, 6) is -1.77. The van der Waals surface area contributed by atoms with Crippen molar-refractivity contribution in [3.05, 3.63) is 210 Å². The second-order valence-electron chi connectivity index (χ2n) is 24.6. The number of rotatable bonds is 14. The van der Waals surface area contributed by atoms with Crippen molar-refractivity contribution in [2.75, 3.05) is 13.2 Å². The molecule has 88 heavy (non-hydrogen) atoms. The van der Waals surface area contributed by atoms with Crippen LogP contribution in [0, 0.1) is 34.6 Å². The molecule has 0 amide bonds. The number of aliphatic carboxylic acids is 1. The highest BCUT2D eigenvalue weighted by atomic mass is 79.9. The van der Waals surface area contributed by atoms with Crippen LogP contribution in [0.4, 0.5) is 0 Å². The van der Waals surface area contributed by atoms with Crippen LogP contribution in [0.1, 0.15) is 139 Å². The fourth-order valence-electron chi connectivity index (χ4n) is 11.0. The van der Waals surface area contributed by atoms with Crippen LogP contribution in [0.5, 0.6) is 0 Å². The number of ether oxygens (including phenoxy) is 5. The van der Waals surface area contributed by atoms with E-state index >= 15 is 0 Å². The fourth-order valence-corrected chi connectivity index (χ4v) is 12.0. The second kappa shape index (κ2) is 28.9. The number of hydrogen-bond acceptors (Lipinski definition) is 8. The highest BCUT2D eigenvalue weighted by molar-refractivity contribution is 9.10. The maximum absolute atomic E-state index is 13.1. The molecular formula is C75H80BrCl3O9. The summed E-state index contributed by atoms with van der Waals surface area (Å²) in [5, 5.41) is 18.4. The van der Waals surface area contributed by atoms with E-state index < -0.39 is 47.1 Å². The van der Waals surface area contributed by atoms with Crippen molar-refractivity contribution in [3.8, 4) is 33.4 Å². The number of carboxylic acids is 1. The molecule has 0 saturated carbocycles. The van der Waals surface area contributed by atoms with Crippen LogP contribution in [0.3, 0.4) is 0 Å². The number of esters is 2. The molecule has 0 aliphatic rings. The molecule has 9 aromatic carbocycles. The van der Waals surface area contributed by atoms with Crippen LogP contribution >= 0.6 is 50.7 Å². The average molecular weight is 1310 g/mol. The van der Waals surface area contributed by atoms with Crippen molar-refractivity contribution in [2.24, 2.45) is 0 Å². The smallest absolute Gasteiger partial charge is 0.339 e. The van der Waals surface area contributed by atoms with Crippen molar-refractivity contribution < 1.29 is 43.2 Å². The Kier molecular flexibility index (Phi) is 22.6. The summed E-state index contributed by atoms with van der Waals surface area (Å²) in [6.45, 7) is 31.6. The molecule has 0 aromatic heterocycles. The number of hydrogen-bond donors (Lipinski definition) is 1. The molecule has 0 bridgehead atoms. The van der Waals surface area contributed by atoms with Crippen molar-refractivity contribution >= 4 is 101 Å². The topological polar surface area (TPSA) is 118 Å². The summed E-state index contributed by atoms with van der Waals surface area (Å²) >= 11 is 22.2. The van der Waals surface area contributed by atoms with Crippen LogP contribution in [0.25, 0.3) is 65.7 Å². The third-order valence-corrected chi connectivity index (χ3v) is 16.7. The molecule has 0 heterocycles. The largest absolute Gasteiger partial charge is 0.479 e. The number of halogens is 4. The molecule has 0 saturated heterocycles. The molecular weight excluding hydrogens is 1230 g/mol. The maximum atomic E-state index is 13.1. The van der Waals surface area contributed by atoms with E-state index in [1.165, 1.54) is 0 Å². The lowest BCUT2D eigenvalue weighted by molar-refractivity contribution is -0.167. The van der Waals surface area contributed by atoms with E-state index in [0.717, 1.165) is 109 Å². The Morgan fingerprint density at radius 3 is 0.955 bits per heavy atom. The molecule has 0 aliphatic carbocycles. The van der Waals surface area contributed by atoms with Gasteiger partial charge in [0.25, 0.3) is 0 Å². The van der Waals surface area contributed by atoms with Crippen molar-refractivity contribution in [1.29, 1.82) is 0 Å². The van der Waals surface area contributed by atoms with E-state index in [-0.39, 0.29) is 12.6 Å². The van der Waals surface area contributed by atoms with Gasteiger partial charge in [0.2, 0.25) is 0 Å². The van der Waals surface area contributed by atoms with Crippen LogP contribution in [0.15, 0.2) is 150 Å². The number of aryl methyl sites for hydroxylation is 2. The molecule has 0 radical (unpaired) electrons. The zero-order valence-corrected chi connectivity index (χ0v) is 57.1. The summed E-state index contributed by atoms with van der Waals surface area (Å²) in [5.41, 5.74) is 11.5. The van der Waals surface area contributed by atoms with Gasteiger partial charge in [-0.2, -0.15) is 0 Å². The second-order valence-corrected chi connectivity index (χ2v) is 26.7. The van der Waals surface area contributed by atoms with Crippen LogP contribution in [-0.4, -0.2) is 53.0 Å². The number of carbonyl (C=O) groups excluding carboxylic acids is 2. The molecule has 13 heteroatoms. The van der Waals surface area contributed by atoms with E-state index in [2.05, 4.69) is 60.1 Å². The molecule has 9 rings (SSSR count). The molecule has 9 nitrogen and oxygen atoms in total. The number of carbonyl (C=O) groups is 3. The van der Waals surface area contributed by atoms with Crippen LogP contribution in [0.2, 0.25) is 15.1 Å². The zero-order valence-electron chi connectivity index (χ0n) is 53.2. The first-order valence-corrected chi connectivity index (χ1v) is 31.4. The number of benzene rings is 9. The Morgan fingerprint density at radius 2 is 0.659 bits per heavy atom. The summed E-state index contributed by atoms with van der Waals surface area (Å²) in [6.07, 6.45) is -2.77. The van der Waals surface area contributed by atoms with Crippen molar-refractivity contribution in [1.82, 2.24) is 0 Å². The Bertz CT molecular complexity index is 3810. The van der Waals surface area contributed by atoms with Gasteiger partial charge in [-0.25, -0.2) is 14.4 Å². The fraction of sp³-hybridized carbons (Fsp3) is 0.320. The summed E-state index contributed by atoms with van der Waals surface area (Å²) in [6, 6.07) is 47.4. The summed E-state index contributed by atoms with van der Waals surface area (Å²) < 4.78 is 30.4. The predicted octanol–water partition coefficient (Wildman–Crippen LogP) is 21.6. The third-order valence-electron chi connectivity index (χ3n) is 14.9. The van der Waals surface area contributed by atoms with Gasteiger partial charge in [-0.05, 0) is 257 Å². The van der Waals surface area contributed by atoms with E-state index in [1.807, 2.05) is 205 Å². The molecule has 0 fully saturated rings. The van der Waals surface area contributed by atoms with Crippen molar-refractivity contribution in [3.63, 3.8) is 0 Å². The maximum Gasteiger partial charge on any atom is 0.339 e. The highest BCUT2D eigenvalue weighted by Crippen LogP contribution is 2.47. The summed E-state index contributed by atoms with van der Waals surface area (Å²) in [4.78, 5) is 38.4. The number of carboxylic acid groups (broad SMARTS) is 1. The Balaban J connectivity index is 0.000000188. The highest BCUT2D eigenvalue weighted by Gasteiger charge is 2.36. The van der Waals surface area contributed by atoms with Gasteiger partial charge < -0.3 is 28.8 Å². The molecule has 3 unspecified atom stereocenters. The zero-order chi connectivity index (χ0) is 64.7. The first kappa shape index (κ1) is 68.9. The quantitative estimate of drug-likeness (QED) is 0.106. The Labute approximate surface area is 542 Å². The SMILES string of the molecule is CCOC(=O)C(OC(C)(C)C)c1c(C)c(Br)c2ccccc2c1-c1ccc(Cl)cc1.CCOC(=O)C(OC(C)(C)C)c1c(C)c(C)c2ccccc2c1-c1ccc(Cl)cc1.Cc1c(C(OC(C)(C)C)C(=O)O)c(-c2ccc(Cl)cc2)c2ccccc2c1C. The van der Waals surface area contributed by atoms with Crippen molar-refractivity contribution in [2.45, 2.75) is 146 Å². The van der Waals surface area contributed by atoms with Gasteiger partial charge in [0.15, 0.2) is 18.3 Å². The summed E-state index contributed by atoms with van der Waals surface area (Å²) in [7, 11) is 0. The van der Waals surface area contributed by atoms with Crippen LogP contribution in [-0.2, 0) is 38.1 Å². The minimum Gasteiger partial charge on any atom is -0.479 e. The lowest BCUT2D eigenvalue weighted by Gasteiger charge is -2.30. The predicted molar refractivity (Wildman–Crippen MR) is 366 cm³/mol. The Hall–Kier alpha value is -6.60. The van der Waals surface area contributed by atoms with Gasteiger partial charge in [0, 0.05) is 36.2 Å². The van der Waals surface area contributed by atoms with Gasteiger partial charge in [0.05, 0.1) is 30.0 Å². The van der Waals surface area contributed by atoms with E-state index in [9.17, 15) is 19.5 Å². The molecule has 1 N–H and O–H groups in total. The number of fused-ring (bicyclic) bond motifs is 3. The van der Waals surface area contributed by atoms with Gasteiger partial charge in [-0.1, -0.05) is 144 Å². The van der Waals surface area contributed by atoms with E-state index in [0.29, 0.717) is 27.2 Å². The molecule has 0 aliphatic heterocycles. The standard InChI is InChI=1S/C26H29ClO3.C25H26BrClO3.C24H25ClO3/c1-7-29-25(28)24(30-26(4,5)6)22-17(3)16(2)20-10-8-9-11-21(20)23(22)18-12-14-19(27)15-13-18;1-6-29-24(28)23(30-25(3,4)5)20-15(2)22(26)19-10-8-7-9-18(19)21(20)16-11-13-17(27)14-12-16;1-14-15(2)20(22(23(26)27)28-24(3,4)5)21(16-10-12-17(25)13-11-16)19-9-7-6-8-18(14)19/h8-15,24H,7H2,1-6H3;7-14,23H,6H2,1-5H3;6-13,22H,1-5H3,(H,26,27). The lowest BCUT2D eigenvalue weighted by Crippen LogP contribution is -2.29. The van der Waals surface area contributed by atoms with Gasteiger partial charge in [-0.3, -0.25) is 0 Å². The monoisotopic (exact) mass is 1310 g/mol. The molecule has 9 aromatic rings. The van der Waals surface area contributed by atoms with Crippen LogP contribution < -0.4 is 0 Å². The van der Waals surface area contributed by atoms with Gasteiger partial charge in [0.1, 0.15) is 0 Å². The third kappa shape index (κ3) is 16.2. The molecule has 3 atom stereocenters. The van der Waals surface area contributed by atoms with Gasteiger partial charge in [-0.15, -0.1) is 0 Å².